The minimum absolute atomic E-state index is 0.137. The average molecular weight is 379 g/mol. The Morgan fingerprint density at radius 2 is 1.89 bits per heavy atom. The molecule has 1 saturated heterocycles. The van der Waals surface area contributed by atoms with Crippen molar-refractivity contribution in [3.05, 3.63) is 65.8 Å². The molecule has 5 heteroatoms. The number of rotatable bonds is 7. The summed E-state index contributed by atoms with van der Waals surface area (Å²) in [7, 11) is 2.12. The first-order valence-corrected chi connectivity index (χ1v) is 10.3. The van der Waals surface area contributed by atoms with Crippen LogP contribution in [0.5, 0.6) is 0 Å². The third kappa shape index (κ3) is 4.32. The lowest BCUT2D eigenvalue weighted by molar-refractivity contribution is 0.103. The van der Waals surface area contributed by atoms with Crippen molar-refractivity contribution in [1.82, 2.24) is 20.2 Å². The number of nitrogens with zero attached hydrogens (tertiary/aromatic N) is 3. The van der Waals surface area contributed by atoms with Crippen molar-refractivity contribution >= 4 is 5.57 Å². The molecule has 1 aromatic carbocycles. The molecule has 2 N–H and O–H groups in total. The van der Waals surface area contributed by atoms with Gasteiger partial charge in [0.15, 0.2) is 0 Å². The van der Waals surface area contributed by atoms with Crippen molar-refractivity contribution in [2.24, 2.45) is 0 Å². The normalized spacial score (nSPS) is 24.7. The van der Waals surface area contributed by atoms with Crippen LogP contribution in [0.3, 0.4) is 0 Å². The maximum Gasteiger partial charge on any atom is 0.115 e. The molecular formula is C23H30N4O. The highest BCUT2D eigenvalue weighted by molar-refractivity contribution is 5.66. The van der Waals surface area contributed by atoms with Gasteiger partial charge in [-0.1, -0.05) is 30.3 Å². The van der Waals surface area contributed by atoms with Crippen molar-refractivity contribution < 1.29 is 5.11 Å². The Hall–Kier alpha value is -2.08. The molecule has 0 spiro atoms. The number of likely N-dealkylation sites (N-methyl/N-ethyl adjacent to an activating group) is 1. The van der Waals surface area contributed by atoms with E-state index in [0.717, 1.165) is 18.7 Å². The van der Waals surface area contributed by atoms with Crippen LogP contribution in [-0.2, 0) is 6.54 Å². The van der Waals surface area contributed by atoms with Gasteiger partial charge in [0.05, 0.1) is 6.61 Å². The molecule has 0 radical (unpaired) electrons. The van der Waals surface area contributed by atoms with E-state index in [1.807, 2.05) is 12.4 Å². The summed E-state index contributed by atoms with van der Waals surface area (Å²) >= 11 is 0. The molecule has 2 heterocycles. The van der Waals surface area contributed by atoms with E-state index in [1.165, 1.54) is 42.4 Å². The quantitative estimate of drug-likeness (QED) is 0.776. The van der Waals surface area contributed by atoms with Crippen LogP contribution in [0.4, 0.5) is 0 Å². The van der Waals surface area contributed by atoms with Gasteiger partial charge in [0.1, 0.15) is 6.33 Å². The first kappa shape index (κ1) is 19.2. The van der Waals surface area contributed by atoms with Gasteiger partial charge < -0.3 is 15.3 Å². The highest BCUT2D eigenvalue weighted by atomic mass is 16.3. The van der Waals surface area contributed by atoms with Crippen molar-refractivity contribution in [1.29, 1.82) is 0 Å². The first-order valence-electron chi connectivity index (χ1n) is 10.3. The van der Waals surface area contributed by atoms with Gasteiger partial charge in [-0.3, -0.25) is 0 Å². The summed E-state index contributed by atoms with van der Waals surface area (Å²) in [5, 5.41) is 13.3. The number of aromatic nitrogens is 2. The van der Waals surface area contributed by atoms with E-state index in [0.29, 0.717) is 12.0 Å². The molecule has 1 aromatic heterocycles. The molecule has 0 saturated carbocycles. The maximum atomic E-state index is 9.76. The van der Waals surface area contributed by atoms with E-state index < -0.39 is 0 Å². The summed E-state index contributed by atoms with van der Waals surface area (Å²) < 4.78 is 0. The number of benzene rings is 1. The number of nitrogens with one attached hydrogen (secondary N) is 1. The lowest BCUT2D eigenvalue weighted by Gasteiger charge is -2.47. The summed E-state index contributed by atoms with van der Waals surface area (Å²) in [4.78, 5) is 10.5. The predicted octanol–water partition coefficient (Wildman–Crippen LogP) is 2.98. The van der Waals surface area contributed by atoms with Crippen molar-refractivity contribution in [3.63, 3.8) is 0 Å². The van der Waals surface area contributed by atoms with Crippen LogP contribution in [0.2, 0.25) is 0 Å². The smallest absolute Gasteiger partial charge is 0.115 e. The molecule has 0 unspecified atom stereocenters. The van der Waals surface area contributed by atoms with Gasteiger partial charge in [0.25, 0.3) is 0 Å². The lowest BCUT2D eigenvalue weighted by Crippen LogP contribution is -2.64. The van der Waals surface area contributed by atoms with Crippen molar-refractivity contribution in [2.45, 2.75) is 50.2 Å². The molecule has 2 aliphatic rings. The molecule has 1 aliphatic carbocycles. The van der Waals surface area contributed by atoms with E-state index in [2.05, 4.69) is 57.6 Å². The Bertz CT molecular complexity index is 790. The van der Waals surface area contributed by atoms with Gasteiger partial charge >= 0.3 is 0 Å². The van der Waals surface area contributed by atoms with Crippen LogP contribution in [0.15, 0.2) is 49.1 Å². The summed E-state index contributed by atoms with van der Waals surface area (Å²) in [6.45, 7) is 1.91. The topological polar surface area (TPSA) is 61.3 Å². The zero-order valence-corrected chi connectivity index (χ0v) is 16.6. The molecule has 28 heavy (non-hydrogen) atoms. The monoisotopic (exact) mass is 378 g/mol. The Labute approximate surface area is 167 Å². The van der Waals surface area contributed by atoms with E-state index in [4.69, 9.17) is 0 Å². The van der Waals surface area contributed by atoms with Crippen molar-refractivity contribution in [2.75, 3.05) is 20.2 Å². The van der Waals surface area contributed by atoms with E-state index in [1.54, 1.807) is 6.33 Å². The largest absolute Gasteiger partial charge is 0.395 e. The molecule has 0 bridgehead atoms. The molecule has 4 rings (SSSR count). The second-order valence-electron chi connectivity index (χ2n) is 8.13. The second kappa shape index (κ2) is 8.95. The summed E-state index contributed by atoms with van der Waals surface area (Å²) in [6, 6.07) is 9.53. The SMILES string of the molecule is CN(Cc1cncnc1)C[C@@H]1N[C@H](CO)[C@@H]1c1ccc(C2=CCCCC2)cc1. The van der Waals surface area contributed by atoms with Gasteiger partial charge in [-0.05, 0) is 49.4 Å². The summed E-state index contributed by atoms with van der Waals surface area (Å²) in [5.41, 5.74) is 5.28. The number of hydrogen-bond donors (Lipinski definition) is 2. The fourth-order valence-electron chi connectivity index (χ4n) is 4.58. The van der Waals surface area contributed by atoms with Gasteiger partial charge in [0, 0.05) is 49.0 Å². The molecule has 1 aliphatic heterocycles. The van der Waals surface area contributed by atoms with Crippen LogP contribution in [0.25, 0.3) is 5.57 Å². The zero-order chi connectivity index (χ0) is 19.3. The zero-order valence-electron chi connectivity index (χ0n) is 16.6. The highest BCUT2D eigenvalue weighted by Crippen LogP contribution is 2.34. The molecular weight excluding hydrogens is 348 g/mol. The third-order valence-corrected chi connectivity index (χ3v) is 6.02. The standard InChI is InChI=1S/C23H30N4O/c1-27(13-17-11-24-16-25-12-17)14-21-23(22(15-28)26-21)20-9-7-19(8-10-20)18-5-3-2-4-6-18/h5,7-12,16,21-23,26,28H,2-4,6,13-15H2,1H3/t21-,22+,23+/m0/s1. The fraction of sp³-hybridized carbons (Fsp3) is 0.478. The Morgan fingerprint density at radius 1 is 1.11 bits per heavy atom. The summed E-state index contributed by atoms with van der Waals surface area (Å²) in [5.74, 6) is 0.342. The summed E-state index contributed by atoms with van der Waals surface area (Å²) in [6.07, 6.45) is 12.7. The van der Waals surface area contributed by atoms with Gasteiger partial charge in [-0.25, -0.2) is 9.97 Å². The van der Waals surface area contributed by atoms with E-state index >= 15 is 0 Å². The molecule has 148 valence electrons. The Morgan fingerprint density at radius 3 is 2.57 bits per heavy atom. The van der Waals surface area contributed by atoms with Crippen LogP contribution in [0.1, 0.15) is 48.3 Å². The number of hydrogen-bond acceptors (Lipinski definition) is 5. The number of allylic oxidation sites excluding steroid dienone is 2. The van der Waals surface area contributed by atoms with E-state index in [9.17, 15) is 5.11 Å². The van der Waals surface area contributed by atoms with Gasteiger partial charge in [0.2, 0.25) is 0 Å². The number of aliphatic hydroxyl groups is 1. The van der Waals surface area contributed by atoms with E-state index in [-0.39, 0.29) is 12.6 Å². The van der Waals surface area contributed by atoms with Crippen LogP contribution < -0.4 is 5.32 Å². The maximum absolute atomic E-state index is 9.76. The fourth-order valence-corrected chi connectivity index (χ4v) is 4.58. The minimum Gasteiger partial charge on any atom is -0.395 e. The predicted molar refractivity (Wildman–Crippen MR) is 112 cm³/mol. The first-order chi connectivity index (χ1) is 13.7. The van der Waals surface area contributed by atoms with Crippen LogP contribution >= 0.6 is 0 Å². The molecule has 1 fully saturated rings. The molecule has 0 amide bonds. The van der Waals surface area contributed by atoms with Crippen molar-refractivity contribution in [3.8, 4) is 0 Å². The Kier molecular flexibility index (Phi) is 6.15. The Balaban J connectivity index is 1.42. The lowest BCUT2D eigenvalue weighted by atomic mass is 9.77. The molecule has 5 nitrogen and oxygen atoms in total. The molecule has 2 aromatic rings. The number of aliphatic hydroxyl groups excluding tert-OH is 1. The highest BCUT2D eigenvalue weighted by Gasteiger charge is 2.41. The molecule has 3 atom stereocenters. The third-order valence-electron chi connectivity index (χ3n) is 6.02. The van der Waals surface area contributed by atoms with Gasteiger partial charge in [-0.15, -0.1) is 0 Å². The second-order valence-corrected chi connectivity index (χ2v) is 8.13. The van der Waals surface area contributed by atoms with Gasteiger partial charge in [-0.2, -0.15) is 0 Å². The average Bonchev–Trinajstić information content (AvgIpc) is 2.73. The minimum atomic E-state index is 0.137. The van der Waals surface area contributed by atoms with Crippen LogP contribution in [-0.4, -0.2) is 52.3 Å². The van der Waals surface area contributed by atoms with Crippen LogP contribution in [0, 0.1) is 0 Å².